The number of methoxy groups -OCH3 is 1. The van der Waals surface area contributed by atoms with Crippen LogP contribution < -0.4 is 10.1 Å². The topological polar surface area (TPSA) is 38.3 Å². The molecule has 0 aromatic heterocycles. The SMILES string of the molecule is COc1ccc(CCC(=O)NC(C)c2cc(C)c(C)cc2C)cc1. The molecule has 0 heterocycles. The number of ether oxygens (including phenoxy) is 1. The summed E-state index contributed by atoms with van der Waals surface area (Å²) in [5, 5.41) is 3.11. The summed E-state index contributed by atoms with van der Waals surface area (Å²) in [6.45, 7) is 8.37. The van der Waals surface area contributed by atoms with Gasteiger partial charge >= 0.3 is 0 Å². The number of amides is 1. The number of benzene rings is 2. The van der Waals surface area contributed by atoms with Crippen LogP contribution in [0.3, 0.4) is 0 Å². The van der Waals surface area contributed by atoms with Crippen molar-refractivity contribution in [3.05, 3.63) is 64.2 Å². The van der Waals surface area contributed by atoms with E-state index < -0.39 is 0 Å². The van der Waals surface area contributed by atoms with E-state index in [0.29, 0.717) is 6.42 Å². The van der Waals surface area contributed by atoms with E-state index in [1.54, 1.807) is 7.11 Å². The van der Waals surface area contributed by atoms with Crippen LogP contribution in [0.4, 0.5) is 0 Å². The van der Waals surface area contributed by atoms with E-state index in [1.165, 1.54) is 22.3 Å². The first-order valence-corrected chi connectivity index (χ1v) is 8.40. The van der Waals surface area contributed by atoms with E-state index >= 15 is 0 Å². The highest BCUT2D eigenvalue weighted by Crippen LogP contribution is 2.22. The summed E-state index contributed by atoms with van der Waals surface area (Å²) in [6.07, 6.45) is 1.22. The van der Waals surface area contributed by atoms with Gasteiger partial charge in [-0.15, -0.1) is 0 Å². The van der Waals surface area contributed by atoms with Crippen molar-refractivity contribution in [2.75, 3.05) is 7.11 Å². The highest BCUT2D eigenvalue weighted by molar-refractivity contribution is 5.76. The zero-order chi connectivity index (χ0) is 17.7. The molecule has 2 aromatic rings. The Kier molecular flexibility index (Phi) is 6.02. The standard InChI is InChI=1S/C21H27NO2/c1-14-12-16(3)20(13-15(14)2)17(4)22-21(23)11-8-18-6-9-19(24-5)10-7-18/h6-7,9-10,12-13,17H,8,11H2,1-5H3,(H,22,23). The minimum atomic E-state index is 0.0210. The van der Waals surface area contributed by atoms with Crippen LogP contribution in [0.25, 0.3) is 0 Å². The Morgan fingerprint density at radius 3 is 2.29 bits per heavy atom. The van der Waals surface area contributed by atoms with E-state index in [2.05, 4.69) is 38.2 Å². The van der Waals surface area contributed by atoms with Crippen LogP contribution in [-0.2, 0) is 11.2 Å². The van der Waals surface area contributed by atoms with Gasteiger partial charge in [-0.3, -0.25) is 4.79 Å². The lowest BCUT2D eigenvalue weighted by Gasteiger charge is -2.18. The summed E-state index contributed by atoms with van der Waals surface area (Å²) in [5.74, 6) is 0.915. The fraction of sp³-hybridized carbons (Fsp3) is 0.381. The highest BCUT2D eigenvalue weighted by atomic mass is 16.5. The van der Waals surface area contributed by atoms with Crippen LogP contribution in [0.15, 0.2) is 36.4 Å². The average Bonchev–Trinajstić information content (AvgIpc) is 2.56. The third-order valence-corrected chi connectivity index (χ3v) is 4.53. The molecule has 0 saturated carbocycles. The van der Waals surface area contributed by atoms with Gasteiger partial charge in [0.1, 0.15) is 5.75 Å². The van der Waals surface area contributed by atoms with Crippen LogP contribution in [0.5, 0.6) is 5.75 Å². The van der Waals surface area contributed by atoms with Gasteiger partial charge in [0.2, 0.25) is 5.91 Å². The summed E-state index contributed by atoms with van der Waals surface area (Å²) in [7, 11) is 1.65. The minimum Gasteiger partial charge on any atom is -0.497 e. The van der Waals surface area contributed by atoms with Crippen LogP contribution in [0, 0.1) is 20.8 Å². The van der Waals surface area contributed by atoms with Crippen molar-refractivity contribution in [3.63, 3.8) is 0 Å². The summed E-state index contributed by atoms with van der Waals surface area (Å²) in [5.41, 5.74) is 6.10. The maximum atomic E-state index is 12.3. The van der Waals surface area contributed by atoms with Gasteiger partial charge in [-0.1, -0.05) is 24.3 Å². The predicted molar refractivity (Wildman–Crippen MR) is 98.5 cm³/mol. The van der Waals surface area contributed by atoms with Gasteiger partial charge in [0.15, 0.2) is 0 Å². The zero-order valence-corrected chi connectivity index (χ0v) is 15.3. The molecular formula is C21H27NO2. The van der Waals surface area contributed by atoms with Gasteiger partial charge in [0.05, 0.1) is 13.2 Å². The first kappa shape index (κ1) is 18.1. The molecule has 128 valence electrons. The Balaban J connectivity index is 1.92. The second-order valence-electron chi connectivity index (χ2n) is 6.43. The van der Waals surface area contributed by atoms with Gasteiger partial charge in [-0.05, 0) is 74.1 Å². The lowest BCUT2D eigenvalue weighted by molar-refractivity contribution is -0.121. The third-order valence-electron chi connectivity index (χ3n) is 4.53. The minimum absolute atomic E-state index is 0.0210. The Labute approximate surface area is 145 Å². The maximum absolute atomic E-state index is 12.3. The molecule has 0 saturated heterocycles. The van der Waals surface area contributed by atoms with E-state index in [0.717, 1.165) is 17.7 Å². The normalized spacial score (nSPS) is 11.9. The number of aryl methyl sites for hydroxylation is 4. The van der Waals surface area contributed by atoms with Gasteiger partial charge in [0.25, 0.3) is 0 Å². The van der Waals surface area contributed by atoms with Gasteiger partial charge < -0.3 is 10.1 Å². The number of hydrogen-bond donors (Lipinski definition) is 1. The molecule has 3 nitrogen and oxygen atoms in total. The maximum Gasteiger partial charge on any atom is 0.220 e. The average molecular weight is 325 g/mol. The fourth-order valence-corrected chi connectivity index (χ4v) is 2.89. The molecule has 0 aliphatic heterocycles. The van der Waals surface area contributed by atoms with Crippen molar-refractivity contribution in [2.24, 2.45) is 0 Å². The Bertz CT molecular complexity index is 705. The lowest BCUT2D eigenvalue weighted by Crippen LogP contribution is -2.27. The van der Waals surface area contributed by atoms with Crippen molar-refractivity contribution in [1.82, 2.24) is 5.32 Å². The molecule has 3 heteroatoms. The third kappa shape index (κ3) is 4.60. The molecule has 1 amide bonds. The second-order valence-corrected chi connectivity index (χ2v) is 6.43. The second kappa shape index (κ2) is 8.00. The zero-order valence-electron chi connectivity index (χ0n) is 15.3. The molecule has 0 fully saturated rings. The van der Waals surface area contributed by atoms with E-state index in [4.69, 9.17) is 4.74 Å². The molecule has 0 bridgehead atoms. The smallest absolute Gasteiger partial charge is 0.220 e. The predicted octanol–water partition coefficient (Wildman–Crippen LogP) is 4.43. The Morgan fingerprint density at radius 1 is 1.04 bits per heavy atom. The quantitative estimate of drug-likeness (QED) is 0.853. The number of nitrogens with one attached hydrogen (secondary N) is 1. The van der Waals surface area contributed by atoms with Crippen LogP contribution in [-0.4, -0.2) is 13.0 Å². The first-order valence-electron chi connectivity index (χ1n) is 8.40. The molecular weight excluding hydrogens is 298 g/mol. The molecule has 0 spiro atoms. The summed E-state index contributed by atoms with van der Waals surface area (Å²) < 4.78 is 5.15. The van der Waals surface area contributed by atoms with E-state index in [9.17, 15) is 4.79 Å². The van der Waals surface area contributed by atoms with Crippen molar-refractivity contribution in [1.29, 1.82) is 0 Å². The number of carbonyl (C=O) groups excluding carboxylic acids is 1. The molecule has 0 aliphatic carbocycles. The van der Waals surface area contributed by atoms with Crippen molar-refractivity contribution in [2.45, 2.75) is 46.6 Å². The highest BCUT2D eigenvalue weighted by Gasteiger charge is 2.13. The summed E-state index contributed by atoms with van der Waals surface area (Å²) in [6, 6.07) is 12.2. The van der Waals surface area contributed by atoms with Crippen LogP contribution in [0.1, 0.15) is 47.2 Å². The van der Waals surface area contributed by atoms with E-state index in [-0.39, 0.29) is 11.9 Å². The molecule has 2 rings (SSSR count). The lowest BCUT2D eigenvalue weighted by atomic mass is 9.96. The summed E-state index contributed by atoms with van der Waals surface area (Å²) in [4.78, 5) is 12.3. The molecule has 0 radical (unpaired) electrons. The number of rotatable bonds is 6. The molecule has 1 unspecified atom stereocenters. The van der Waals surface area contributed by atoms with Crippen molar-refractivity contribution < 1.29 is 9.53 Å². The summed E-state index contributed by atoms with van der Waals surface area (Å²) >= 11 is 0. The number of carbonyl (C=O) groups is 1. The Morgan fingerprint density at radius 2 is 1.67 bits per heavy atom. The van der Waals surface area contributed by atoms with Crippen molar-refractivity contribution in [3.8, 4) is 5.75 Å². The monoisotopic (exact) mass is 325 g/mol. The van der Waals surface area contributed by atoms with E-state index in [1.807, 2.05) is 31.2 Å². The van der Waals surface area contributed by atoms with Crippen LogP contribution in [0.2, 0.25) is 0 Å². The van der Waals surface area contributed by atoms with Gasteiger partial charge in [-0.25, -0.2) is 0 Å². The first-order chi connectivity index (χ1) is 11.4. The molecule has 24 heavy (non-hydrogen) atoms. The Hall–Kier alpha value is -2.29. The fourth-order valence-electron chi connectivity index (χ4n) is 2.89. The largest absolute Gasteiger partial charge is 0.497 e. The molecule has 2 aromatic carbocycles. The number of hydrogen-bond acceptors (Lipinski definition) is 2. The molecule has 0 aliphatic rings. The molecule has 1 N–H and O–H groups in total. The van der Waals surface area contributed by atoms with Crippen LogP contribution >= 0.6 is 0 Å². The van der Waals surface area contributed by atoms with Gasteiger partial charge in [-0.2, -0.15) is 0 Å². The van der Waals surface area contributed by atoms with Crippen molar-refractivity contribution >= 4 is 5.91 Å². The van der Waals surface area contributed by atoms with Gasteiger partial charge in [0, 0.05) is 6.42 Å². The molecule has 1 atom stereocenters.